The largest absolute Gasteiger partial charge is 0.460 e. The molecule has 2 aliphatic rings. The van der Waals surface area contributed by atoms with Crippen molar-refractivity contribution < 1.29 is 9.47 Å². The van der Waals surface area contributed by atoms with Gasteiger partial charge in [0.25, 0.3) is 0 Å². The molecule has 0 bridgehead atoms. The third-order valence-corrected chi connectivity index (χ3v) is 2.16. The molecule has 13 heavy (non-hydrogen) atoms. The highest BCUT2D eigenvalue weighted by Gasteiger charge is 2.23. The Bertz CT molecular complexity index is 260. The molecule has 0 aliphatic carbocycles. The molecule has 0 amide bonds. The van der Waals surface area contributed by atoms with Crippen LogP contribution in [-0.2, 0) is 9.47 Å². The summed E-state index contributed by atoms with van der Waals surface area (Å²) in [6, 6.07) is 0. The smallest absolute Gasteiger partial charge is 0.234 e. The van der Waals surface area contributed by atoms with E-state index in [9.17, 15) is 0 Å². The quantitative estimate of drug-likeness (QED) is 0.618. The predicted molar refractivity (Wildman–Crippen MR) is 49.3 cm³/mol. The van der Waals surface area contributed by atoms with Gasteiger partial charge in [0.05, 0.1) is 0 Å². The summed E-state index contributed by atoms with van der Waals surface area (Å²) in [7, 11) is 0. The van der Waals surface area contributed by atoms with Gasteiger partial charge in [-0.2, -0.15) is 0 Å². The lowest BCUT2D eigenvalue weighted by Crippen LogP contribution is -2.38. The molecule has 3 nitrogen and oxygen atoms in total. The molecule has 70 valence electrons. The summed E-state index contributed by atoms with van der Waals surface area (Å²) >= 11 is 0. The van der Waals surface area contributed by atoms with E-state index in [0.717, 1.165) is 31.2 Å². The lowest BCUT2D eigenvalue weighted by Gasteiger charge is -2.35. The highest BCUT2D eigenvalue weighted by atomic mass is 16.6. The van der Waals surface area contributed by atoms with Crippen molar-refractivity contribution in [3.05, 3.63) is 36.8 Å². The molecule has 3 heteroatoms. The van der Waals surface area contributed by atoms with Crippen LogP contribution in [0.2, 0.25) is 0 Å². The van der Waals surface area contributed by atoms with Crippen molar-refractivity contribution in [2.24, 2.45) is 0 Å². The van der Waals surface area contributed by atoms with Crippen LogP contribution in [0.5, 0.6) is 0 Å². The predicted octanol–water partition coefficient (Wildman–Crippen LogP) is 1.96. The van der Waals surface area contributed by atoms with Gasteiger partial charge in [0, 0.05) is 19.5 Å². The second kappa shape index (κ2) is 3.56. The Hall–Kier alpha value is -1.38. The molecule has 0 N–H and O–H groups in total. The number of nitrogens with zero attached hydrogens (tertiary/aromatic N) is 1. The summed E-state index contributed by atoms with van der Waals surface area (Å²) < 4.78 is 10.7. The Labute approximate surface area is 77.9 Å². The number of ether oxygens (including phenoxy) is 2. The maximum absolute atomic E-state index is 5.40. The average Bonchev–Trinajstić information content (AvgIpc) is 2.05. The summed E-state index contributed by atoms with van der Waals surface area (Å²) in [5.41, 5.74) is 0. The molecule has 0 saturated carbocycles. The average molecular weight is 179 g/mol. The standard InChI is InChI=1S/C10H13NO2/c1-2-4-9-10(11-5-3-6-11)13-8-7-12-9/h2,7-8H,1,3-6H2. The van der Waals surface area contributed by atoms with Gasteiger partial charge < -0.3 is 14.4 Å². The molecule has 0 aromatic carbocycles. The van der Waals surface area contributed by atoms with Crippen LogP contribution in [0.4, 0.5) is 0 Å². The Morgan fingerprint density at radius 2 is 2.15 bits per heavy atom. The minimum atomic E-state index is 0.718. The van der Waals surface area contributed by atoms with E-state index in [1.165, 1.54) is 6.42 Å². The zero-order chi connectivity index (χ0) is 9.10. The highest BCUT2D eigenvalue weighted by Crippen LogP contribution is 2.25. The normalized spacial score (nSPS) is 20.5. The molecule has 0 spiro atoms. The molecule has 1 saturated heterocycles. The fourth-order valence-electron chi connectivity index (χ4n) is 1.35. The molecule has 2 rings (SSSR count). The van der Waals surface area contributed by atoms with Crippen molar-refractivity contribution in [1.29, 1.82) is 0 Å². The fraction of sp³-hybridized carbons (Fsp3) is 0.400. The Morgan fingerprint density at radius 3 is 2.77 bits per heavy atom. The number of likely N-dealkylation sites (tertiary alicyclic amines) is 1. The van der Waals surface area contributed by atoms with E-state index < -0.39 is 0 Å². The maximum Gasteiger partial charge on any atom is 0.234 e. The Balaban J connectivity index is 2.11. The van der Waals surface area contributed by atoms with Crippen LogP contribution in [-0.4, -0.2) is 18.0 Å². The van der Waals surface area contributed by atoms with E-state index in [2.05, 4.69) is 11.5 Å². The monoisotopic (exact) mass is 179 g/mol. The molecule has 0 radical (unpaired) electrons. The Morgan fingerprint density at radius 1 is 1.38 bits per heavy atom. The molecule has 2 aliphatic heterocycles. The van der Waals surface area contributed by atoms with E-state index in [-0.39, 0.29) is 0 Å². The van der Waals surface area contributed by atoms with Gasteiger partial charge >= 0.3 is 0 Å². The van der Waals surface area contributed by atoms with E-state index in [1.54, 1.807) is 12.5 Å². The number of allylic oxidation sites excluding steroid dienone is 1. The second-order valence-corrected chi connectivity index (χ2v) is 3.07. The zero-order valence-corrected chi connectivity index (χ0v) is 7.53. The van der Waals surface area contributed by atoms with Gasteiger partial charge in [0.2, 0.25) is 5.88 Å². The van der Waals surface area contributed by atoms with Gasteiger partial charge in [0.15, 0.2) is 5.76 Å². The van der Waals surface area contributed by atoms with Crippen LogP contribution >= 0.6 is 0 Å². The van der Waals surface area contributed by atoms with E-state index in [0.29, 0.717) is 0 Å². The third-order valence-electron chi connectivity index (χ3n) is 2.16. The molecule has 2 heterocycles. The summed E-state index contributed by atoms with van der Waals surface area (Å²) in [4.78, 5) is 2.17. The van der Waals surface area contributed by atoms with Gasteiger partial charge in [0.1, 0.15) is 12.5 Å². The summed E-state index contributed by atoms with van der Waals surface area (Å²) in [6.45, 7) is 5.81. The van der Waals surface area contributed by atoms with Crippen LogP contribution in [0.25, 0.3) is 0 Å². The van der Waals surface area contributed by atoms with Crippen LogP contribution in [0.1, 0.15) is 12.8 Å². The number of hydrogen-bond acceptors (Lipinski definition) is 3. The molecule has 0 aromatic heterocycles. The SMILES string of the molecule is C=CCC1=C(N2CCC2)OC=CO1. The van der Waals surface area contributed by atoms with Gasteiger partial charge in [-0.25, -0.2) is 0 Å². The van der Waals surface area contributed by atoms with Crippen molar-refractivity contribution in [3.63, 3.8) is 0 Å². The van der Waals surface area contributed by atoms with E-state index in [1.807, 2.05) is 6.08 Å². The zero-order valence-electron chi connectivity index (χ0n) is 7.53. The molecular weight excluding hydrogens is 166 g/mol. The maximum atomic E-state index is 5.40. The molecular formula is C10H13NO2. The van der Waals surface area contributed by atoms with Crippen molar-refractivity contribution in [2.75, 3.05) is 13.1 Å². The van der Waals surface area contributed by atoms with Crippen molar-refractivity contribution >= 4 is 0 Å². The third kappa shape index (κ3) is 1.54. The van der Waals surface area contributed by atoms with Gasteiger partial charge in [-0.05, 0) is 6.42 Å². The van der Waals surface area contributed by atoms with Gasteiger partial charge in [-0.3, -0.25) is 0 Å². The summed E-state index contributed by atoms with van der Waals surface area (Å²) in [6.07, 6.45) is 6.90. The lowest BCUT2D eigenvalue weighted by atomic mass is 10.2. The second-order valence-electron chi connectivity index (χ2n) is 3.07. The Kier molecular flexibility index (Phi) is 2.25. The minimum absolute atomic E-state index is 0.718. The van der Waals surface area contributed by atoms with Crippen molar-refractivity contribution in [2.45, 2.75) is 12.8 Å². The topological polar surface area (TPSA) is 21.7 Å². The molecule has 1 fully saturated rings. The van der Waals surface area contributed by atoms with Crippen LogP contribution in [0.15, 0.2) is 36.8 Å². The first kappa shape index (κ1) is 8.23. The van der Waals surface area contributed by atoms with Crippen molar-refractivity contribution in [3.8, 4) is 0 Å². The lowest BCUT2D eigenvalue weighted by molar-refractivity contribution is 0.0875. The van der Waals surface area contributed by atoms with Gasteiger partial charge in [-0.1, -0.05) is 6.08 Å². The number of hydrogen-bond donors (Lipinski definition) is 0. The van der Waals surface area contributed by atoms with E-state index in [4.69, 9.17) is 9.47 Å². The minimum Gasteiger partial charge on any atom is -0.460 e. The van der Waals surface area contributed by atoms with Crippen molar-refractivity contribution in [1.82, 2.24) is 4.90 Å². The number of rotatable bonds is 3. The molecule has 0 unspecified atom stereocenters. The fourth-order valence-corrected chi connectivity index (χ4v) is 1.35. The van der Waals surface area contributed by atoms with E-state index >= 15 is 0 Å². The first-order valence-corrected chi connectivity index (χ1v) is 4.49. The summed E-state index contributed by atoms with van der Waals surface area (Å²) in [5, 5.41) is 0. The molecule has 0 aromatic rings. The first-order chi connectivity index (χ1) is 6.42. The van der Waals surface area contributed by atoms with Crippen LogP contribution in [0.3, 0.4) is 0 Å². The highest BCUT2D eigenvalue weighted by molar-refractivity contribution is 5.10. The summed E-state index contributed by atoms with van der Waals surface area (Å²) in [5.74, 6) is 1.71. The van der Waals surface area contributed by atoms with Crippen LogP contribution < -0.4 is 0 Å². The molecule has 0 atom stereocenters. The first-order valence-electron chi connectivity index (χ1n) is 4.49. The van der Waals surface area contributed by atoms with Crippen LogP contribution in [0, 0.1) is 0 Å². The van der Waals surface area contributed by atoms with Gasteiger partial charge in [-0.15, -0.1) is 6.58 Å².